The van der Waals surface area contributed by atoms with E-state index in [2.05, 4.69) is 0 Å². The molecule has 1 atom stereocenters. The van der Waals surface area contributed by atoms with E-state index in [1.165, 1.54) is 6.07 Å². The summed E-state index contributed by atoms with van der Waals surface area (Å²) in [5.74, 6) is -1.37. The Morgan fingerprint density at radius 1 is 1.20 bits per heavy atom. The smallest absolute Gasteiger partial charge is 0.303 e. The van der Waals surface area contributed by atoms with Crippen molar-refractivity contribution in [3.8, 4) is 5.75 Å². The summed E-state index contributed by atoms with van der Waals surface area (Å²) in [6, 6.07) is 9.72. The average molecular weight is 401 g/mol. The minimum absolute atomic E-state index is 0.137. The van der Waals surface area contributed by atoms with Crippen molar-refractivity contribution in [3.63, 3.8) is 0 Å². The van der Waals surface area contributed by atoms with Crippen molar-refractivity contribution >= 4 is 39.0 Å². The van der Waals surface area contributed by atoms with Crippen LogP contribution in [-0.2, 0) is 21.2 Å². The van der Waals surface area contributed by atoms with E-state index in [4.69, 9.17) is 33.0 Å². The number of aliphatic carboxylic acids is 1. The van der Waals surface area contributed by atoms with Crippen LogP contribution in [0.4, 0.5) is 0 Å². The fourth-order valence-corrected chi connectivity index (χ4v) is 5.19. The van der Waals surface area contributed by atoms with Crippen LogP contribution in [-0.4, -0.2) is 25.2 Å². The summed E-state index contributed by atoms with van der Waals surface area (Å²) >= 11 is 11.9. The number of benzene rings is 2. The van der Waals surface area contributed by atoms with Gasteiger partial charge in [0.1, 0.15) is 12.4 Å². The lowest BCUT2D eigenvalue weighted by molar-refractivity contribution is -0.137. The van der Waals surface area contributed by atoms with Crippen molar-refractivity contribution in [3.05, 3.63) is 57.6 Å². The quantitative estimate of drug-likeness (QED) is 0.822. The summed E-state index contributed by atoms with van der Waals surface area (Å²) in [6.45, 7) is 0.160. The predicted octanol–water partition coefficient (Wildman–Crippen LogP) is 3.92. The predicted molar refractivity (Wildman–Crippen MR) is 94.3 cm³/mol. The highest BCUT2D eigenvalue weighted by molar-refractivity contribution is 7.91. The third kappa shape index (κ3) is 3.92. The van der Waals surface area contributed by atoms with Gasteiger partial charge in [-0.3, -0.25) is 4.79 Å². The first kappa shape index (κ1) is 18.0. The van der Waals surface area contributed by atoms with Gasteiger partial charge in [-0.15, -0.1) is 0 Å². The second-order valence-corrected chi connectivity index (χ2v) is 8.65. The van der Waals surface area contributed by atoms with Crippen molar-refractivity contribution in [1.29, 1.82) is 0 Å². The van der Waals surface area contributed by atoms with Gasteiger partial charge >= 0.3 is 5.97 Å². The monoisotopic (exact) mass is 400 g/mol. The molecule has 0 bridgehead atoms. The first-order chi connectivity index (χ1) is 11.8. The van der Waals surface area contributed by atoms with Crippen molar-refractivity contribution < 1.29 is 23.1 Å². The number of sulfone groups is 1. The van der Waals surface area contributed by atoms with Crippen LogP contribution < -0.4 is 4.74 Å². The molecule has 2 aromatic carbocycles. The molecule has 0 radical (unpaired) electrons. The molecule has 1 unspecified atom stereocenters. The molecule has 25 heavy (non-hydrogen) atoms. The molecule has 1 N–H and O–H groups in total. The molecule has 5 nitrogen and oxygen atoms in total. The van der Waals surface area contributed by atoms with Crippen molar-refractivity contribution in [1.82, 2.24) is 0 Å². The van der Waals surface area contributed by atoms with E-state index in [-0.39, 0.29) is 23.7 Å². The highest BCUT2D eigenvalue weighted by atomic mass is 35.5. The molecule has 1 aliphatic heterocycles. The summed E-state index contributed by atoms with van der Waals surface area (Å²) in [4.78, 5) is 11.1. The number of carboxylic acid groups (broad SMARTS) is 1. The van der Waals surface area contributed by atoms with Crippen LogP contribution in [0.1, 0.15) is 23.5 Å². The second kappa shape index (κ2) is 6.86. The maximum absolute atomic E-state index is 12.3. The Kier molecular flexibility index (Phi) is 4.95. The Morgan fingerprint density at radius 2 is 1.96 bits per heavy atom. The molecule has 8 heteroatoms. The van der Waals surface area contributed by atoms with Crippen LogP contribution in [0.25, 0.3) is 0 Å². The molecule has 0 fully saturated rings. The van der Waals surface area contributed by atoms with Crippen LogP contribution in [0.3, 0.4) is 0 Å². The van der Waals surface area contributed by atoms with E-state index in [0.717, 1.165) is 5.56 Å². The lowest BCUT2D eigenvalue weighted by Gasteiger charge is -2.10. The number of rotatable bonds is 5. The van der Waals surface area contributed by atoms with E-state index in [1.807, 2.05) is 0 Å². The minimum atomic E-state index is -3.51. The topological polar surface area (TPSA) is 80.7 Å². The molecular weight excluding hydrogens is 387 g/mol. The maximum atomic E-state index is 12.3. The van der Waals surface area contributed by atoms with Crippen molar-refractivity contribution in [2.24, 2.45) is 0 Å². The lowest BCUT2D eigenvalue weighted by Crippen LogP contribution is -2.08. The summed E-state index contributed by atoms with van der Waals surface area (Å²) in [7, 11) is -3.51. The molecule has 3 rings (SSSR count). The zero-order valence-electron chi connectivity index (χ0n) is 12.9. The van der Waals surface area contributed by atoms with Gasteiger partial charge in [0.25, 0.3) is 0 Å². The van der Waals surface area contributed by atoms with Gasteiger partial charge in [0.2, 0.25) is 0 Å². The first-order valence-electron chi connectivity index (χ1n) is 7.41. The largest absolute Gasteiger partial charge is 0.489 e. The van der Waals surface area contributed by atoms with Gasteiger partial charge in [0.15, 0.2) is 9.84 Å². The molecule has 0 aromatic heterocycles. The first-order valence-corrected chi connectivity index (χ1v) is 9.82. The molecule has 1 aliphatic rings. The average Bonchev–Trinajstić information content (AvgIpc) is 2.76. The molecule has 0 spiro atoms. The van der Waals surface area contributed by atoms with Crippen molar-refractivity contribution in [2.45, 2.75) is 23.8 Å². The zero-order chi connectivity index (χ0) is 18.2. The molecule has 1 heterocycles. The van der Waals surface area contributed by atoms with Gasteiger partial charge in [0.05, 0.1) is 17.1 Å². The number of hydrogen-bond acceptors (Lipinski definition) is 4. The summed E-state index contributed by atoms with van der Waals surface area (Å²) in [5, 5.41) is 9.92. The second-order valence-electron chi connectivity index (χ2n) is 5.80. The van der Waals surface area contributed by atoms with Gasteiger partial charge in [0, 0.05) is 21.5 Å². The van der Waals surface area contributed by atoms with Crippen LogP contribution in [0.5, 0.6) is 5.75 Å². The van der Waals surface area contributed by atoms with Crippen molar-refractivity contribution in [2.75, 3.05) is 5.75 Å². The third-order valence-corrected chi connectivity index (χ3v) is 6.46. The molecule has 0 saturated carbocycles. The number of ether oxygens (including phenoxy) is 1. The van der Waals surface area contributed by atoms with Crippen LogP contribution in [0.2, 0.25) is 10.0 Å². The molecular formula is C17H14Cl2O5S. The maximum Gasteiger partial charge on any atom is 0.303 e. The number of hydrogen-bond donors (Lipinski definition) is 1. The van der Waals surface area contributed by atoms with E-state index < -0.39 is 21.7 Å². The van der Waals surface area contributed by atoms with Crippen LogP contribution in [0, 0.1) is 0 Å². The van der Waals surface area contributed by atoms with E-state index in [0.29, 0.717) is 21.4 Å². The Morgan fingerprint density at radius 3 is 2.64 bits per heavy atom. The van der Waals surface area contributed by atoms with E-state index in [1.54, 1.807) is 30.3 Å². The highest BCUT2D eigenvalue weighted by Gasteiger charge is 2.36. The Hall–Kier alpha value is -1.76. The van der Waals surface area contributed by atoms with Gasteiger partial charge in [-0.05, 0) is 29.8 Å². The van der Waals surface area contributed by atoms with Gasteiger partial charge in [-0.1, -0.05) is 35.3 Å². The lowest BCUT2D eigenvalue weighted by atomic mass is 9.98. The molecule has 132 valence electrons. The minimum Gasteiger partial charge on any atom is -0.489 e. The van der Waals surface area contributed by atoms with Gasteiger partial charge in [-0.25, -0.2) is 8.42 Å². The van der Waals surface area contributed by atoms with Crippen LogP contribution >= 0.6 is 23.2 Å². The van der Waals surface area contributed by atoms with E-state index >= 15 is 0 Å². The Labute approximate surface area is 155 Å². The summed E-state index contributed by atoms with van der Waals surface area (Å²) in [5.41, 5.74) is 1.25. The fraction of sp³-hybridized carbons (Fsp3) is 0.235. The normalized spacial score (nSPS) is 17.9. The van der Waals surface area contributed by atoms with Gasteiger partial charge < -0.3 is 9.84 Å². The van der Waals surface area contributed by atoms with Crippen LogP contribution in [0.15, 0.2) is 41.3 Å². The van der Waals surface area contributed by atoms with E-state index in [9.17, 15) is 13.2 Å². The summed E-state index contributed by atoms with van der Waals surface area (Å²) < 4.78 is 30.2. The third-order valence-electron chi connectivity index (χ3n) is 4.01. The summed E-state index contributed by atoms with van der Waals surface area (Å²) in [6.07, 6.45) is -0.215. The zero-order valence-corrected chi connectivity index (χ0v) is 15.2. The number of carbonyl (C=O) groups is 1. The number of carboxylic acids is 1. The number of halogens is 2. The fourth-order valence-electron chi connectivity index (χ4n) is 2.83. The Balaban J connectivity index is 1.82. The molecule has 2 aromatic rings. The molecule has 0 aliphatic carbocycles. The standard InChI is InChI=1S/C17H14Cl2O5S/c18-12-2-1-10(15(19)6-12)8-24-13-3-4-14-11(5-17(20)21)9-25(22,23)16(14)7-13/h1-4,6-7,11H,5,8-9H2,(H,20,21). The number of fused-ring (bicyclic) bond motifs is 1. The van der Waals surface area contributed by atoms with Gasteiger partial charge in [-0.2, -0.15) is 0 Å². The molecule has 0 amide bonds. The SMILES string of the molecule is O=C(O)CC1CS(=O)(=O)c2cc(OCc3ccc(Cl)cc3Cl)ccc21. The highest BCUT2D eigenvalue weighted by Crippen LogP contribution is 2.39. The Bertz CT molecular complexity index is 940. The molecule has 0 saturated heterocycles.